The molecule has 0 saturated heterocycles. The Morgan fingerprint density at radius 1 is 1.36 bits per heavy atom. The van der Waals surface area contributed by atoms with Crippen LogP contribution in [0.3, 0.4) is 0 Å². The van der Waals surface area contributed by atoms with Gasteiger partial charge in [0.25, 0.3) is 0 Å². The molecule has 0 radical (unpaired) electrons. The zero-order valence-corrected chi connectivity index (χ0v) is 9.09. The molecule has 2 heteroatoms. The molecule has 1 atom stereocenters. The third-order valence-electron chi connectivity index (χ3n) is 2.49. The second-order valence-electron chi connectivity index (χ2n) is 3.67. The maximum Gasteiger partial charge on any atom is 0.0294 e. The van der Waals surface area contributed by atoms with Crippen molar-refractivity contribution in [3.63, 3.8) is 0 Å². The van der Waals surface area contributed by atoms with Crippen LogP contribution in [0.2, 0.25) is 0 Å². The standard InChI is InChI=1S/C12H20N2/c1-10-6-3-4-7-12(10)11(2)14-9-5-8-13/h3-4,6-7,11,14H,5,8-9,13H2,1-2H3. The van der Waals surface area contributed by atoms with Crippen molar-refractivity contribution in [2.45, 2.75) is 26.3 Å². The van der Waals surface area contributed by atoms with E-state index in [1.165, 1.54) is 11.1 Å². The summed E-state index contributed by atoms with van der Waals surface area (Å²) in [6.07, 6.45) is 1.04. The first-order valence-corrected chi connectivity index (χ1v) is 5.24. The fourth-order valence-corrected chi connectivity index (χ4v) is 1.60. The van der Waals surface area contributed by atoms with Crippen molar-refractivity contribution >= 4 is 0 Å². The van der Waals surface area contributed by atoms with Crippen LogP contribution >= 0.6 is 0 Å². The molecule has 0 bridgehead atoms. The number of hydrogen-bond donors (Lipinski definition) is 2. The molecule has 14 heavy (non-hydrogen) atoms. The highest BCUT2D eigenvalue weighted by molar-refractivity contribution is 5.28. The van der Waals surface area contributed by atoms with Gasteiger partial charge in [-0.3, -0.25) is 0 Å². The van der Waals surface area contributed by atoms with Gasteiger partial charge in [0.15, 0.2) is 0 Å². The minimum atomic E-state index is 0.419. The maximum absolute atomic E-state index is 5.44. The van der Waals surface area contributed by atoms with Crippen LogP contribution in [0.4, 0.5) is 0 Å². The predicted octanol–water partition coefficient (Wildman–Crippen LogP) is 1.99. The predicted molar refractivity (Wildman–Crippen MR) is 61.3 cm³/mol. The van der Waals surface area contributed by atoms with E-state index in [4.69, 9.17) is 5.73 Å². The molecule has 0 aliphatic heterocycles. The average Bonchev–Trinajstić information content (AvgIpc) is 2.18. The summed E-state index contributed by atoms with van der Waals surface area (Å²) in [5, 5.41) is 3.46. The smallest absolute Gasteiger partial charge is 0.0294 e. The normalized spacial score (nSPS) is 12.8. The summed E-state index contributed by atoms with van der Waals surface area (Å²) in [5.41, 5.74) is 8.17. The number of aryl methyl sites for hydroxylation is 1. The molecule has 0 aliphatic carbocycles. The first-order chi connectivity index (χ1) is 6.75. The average molecular weight is 192 g/mol. The minimum absolute atomic E-state index is 0.419. The molecule has 0 fully saturated rings. The molecule has 1 aromatic rings. The fraction of sp³-hybridized carbons (Fsp3) is 0.500. The van der Waals surface area contributed by atoms with Gasteiger partial charge in [-0.05, 0) is 44.5 Å². The van der Waals surface area contributed by atoms with Crippen LogP contribution in [0, 0.1) is 6.92 Å². The monoisotopic (exact) mass is 192 g/mol. The Hall–Kier alpha value is -0.860. The van der Waals surface area contributed by atoms with Gasteiger partial charge < -0.3 is 11.1 Å². The highest BCUT2D eigenvalue weighted by atomic mass is 14.9. The summed E-state index contributed by atoms with van der Waals surface area (Å²) in [6.45, 7) is 6.09. The molecule has 3 N–H and O–H groups in total. The molecule has 0 saturated carbocycles. The molecule has 1 rings (SSSR count). The summed E-state index contributed by atoms with van der Waals surface area (Å²) >= 11 is 0. The van der Waals surface area contributed by atoms with Gasteiger partial charge in [0.05, 0.1) is 0 Å². The maximum atomic E-state index is 5.44. The lowest BCUT2D eigenvalue weighted by atomic mass is 10.0. The van der Waals surface area contributed by atoms with Gasteiger partial charge in [-0.2, -0.15) is 0 Å². The summed E-state index contributed by atoms with van der Waals surface area (Å²) in [6, 6.07) is 8.91. The zero-order chi connectivity index (χ0) is 10.4. The second kappa shape index (κ2) is 5.78. The van der Waals surface area contributed by atoms with Gasteiger partial charge in [0.1, 0.15) is 0 Å². The van der Waals surface area contributed by atoms with Gasteiger partial charge in [0, 0.05) is 6.04 Å². The van der Waals surface area contributed by atoms with E-state index in [0.717, 1.165) is 19.5 Å². The van der Waals surface area contributed by atoms with Crippen molar-refractivity contribution in [3.05, 3.63) is 35.4 Å². The topological polar surface area (TPSA) is 38.0 Å². The van der Waals surface area contributed by atoms with E-state index in [1.54, 1.807) is 0 Å². The Kier molecular flexibility index (Phi) is 4.63. The van der Waals surface area contributed by atoms with Crippen LogP contribution < -0.4 is 11.1 Å². The molecule has 0 spiro atoms. The van der Waals surface area contributed by atoms with E-state index >= 15 is 0 Å². The van der Waals surface area contributed by atoms with Crippen LogP contribution in [-0.4, -0.2) is 13.1 Å². The second-order valence-corrected chi connectivity index (χ2v) is 3.67. The van der Waals surface area contributed by atoms with E-state index < -0.39 is 0 Å². The minimum Gasteiger partial charge on any atom is -0.330 e. The molecule has 2 nitrogen and oxygen atoms in total. The Morgan fingerprint density at radius 2 is 2.07 bits per heavy atom. The first-order valence-electron chi connectivity index (χ1n) is 5.24. The molecule has 0 aliphatic rings. The SMILES string of the molecule is Cc1ccccc1C(C)NCCCN. The number of nitrogens with two attached hydrogens (primary N) is 1. The molecular weight excluding hydrogens is 172 g/mol. The lowest BCUT2D eigenvalue weighted by Crippen LogP contribution is -2.22. The highest BCUT2D eigenvalue weighted by Crippen LogP contribution is 2.16. The van der Waals surface area contributed by atoms with E-state index in [1.807, 2.05) is 0 Å². The van der Waals surface area contributed by atoms with Crippen LogP contribution in [0.1, 0.15) is 30.5 Å². The van der Waals surface area contributed by atoms with E-state index in [-0.39, 0.29) is 0 Å². The van der Waals surface area contributed by atoms with Crippen molar-refractivity contribution in [2.75, 3.05) is 13.1 Å². The molecule has 1 unspecified atom stereocenters. The van der Waals surface area contributed by atoms with Gasteiger partial charge in [-0.1, -0.05) is 24.3 Å². The summed E-state index contributed by atoms with van der Waals surface area (Å²) in [7, 11) is 0. The lowest BCUT2D eigenvalue weighted by Gasteiger charge is -2.16. The number of hydrogen-bond acceptors (Lipinski definition) is 2. The molecular formula is C12H20N2. The third-order valence-corrected chi connectivity index (χ3v) is 2.49. The highest BCUT2D eigenvalue weighted by Gasteiger charge is 2.05. The largest absolute Gasteiger partial charge is 0.330 e. The van der Waals surface area contributed by atoms with Gasteiger partial charge in [-0.15, -0.1) is 0 Å². The summed E-state index contributed by atoms with van der Waals surface area (Å²) < 4.78 is 0. The zero-order valence-electron chi connectivity index (χ0n) is 9.09. The van der Waals surface area contributed by atoms with Crippen molar-refractivity contribution in [1.82, 2.24) is 5.32 Å². The first kappa shape index (κ1) is 11.2. The van der Waals surface area contributed by atoms with E-state index in [2.05, 4.69) is 43.4 Å². The molecule has 0 heterocycles. The van der Waals surface area contributed by atoms with E-state index in [9.17, 15) is 0 Å². The van der Waals surface area contributed by atoms with E-state index in [0.29, 0.717) is 6.04 Å². The Balaban J connectivity index is 2.51. The van der Waals surface area contributed by atoms with Crippen LogP contribution in [0.5, 0.6) is 0 Å². The fourth-order valence-electron chi connectivity index (χ4n) is 1.60. The number of nitrogens with one attached hydrogen (secondary N) is 1. The third kappa shape index (κ3) is 3.13. The molecule has 78 valence electrons. The summed E-state index contributed by atoms with van der Waals surface area (Å²) in [5.74, 6) is 0. The van der Waals surface area contributed by atoms with Gasteiger partial charge in [0.2, 0.25) is 0 Å². The van der Waals surface area contributed by atoms with Gasteiger partial charge >= 0.3 is 0 Å². The quantitative estimate of drug-likeness (QED) is 0.700. The molecule has 1 aromatic carbocycles. The number of benzene rings is 1. The van der Waals surface area contributed by atoms with Crippen molar-refractivity contribution in [2.24, 2.45) is 5.73 Å². The van der Waals surface area contributed by atoms with Crippen LogP contribution in [-0.2, 0) is 0 Å². The van der Waals surface area contributed by atoms with Crippen molar-refractivity contribution in [1.29, 1.82) is 0 Å². The van der Waals surface area contributed by atoms with Crippen LogP contribution in [0.15, 0.2) is 24.3 Å². The Labute approximate surface area is 86.5 Å². The van der Waals surface area contributed by atoms with Crippen LogP contribution in [0.25, 0.3) is 0 Å². The van der Waals surface area contributed by atoms with Crippen molar-refractivity contribution in [3.8, 4) is 0 Å². The number of rotatable bonds is 5. The van der Waals surface area contributed by atoms with Gasteiger partial charge in [-0.25, -0.2) is 0 Å². The summed E-state index contributed by atoms with van der Waals surface area (Å²) in [4.78, 5) is 0. The van der Waals surface area contributed by atoms with Crippen molar-refractivity contribution < 1.29 is 0 Å². The molecule has 0 aromatic heterocycles. The Morgan fingerprint density at radius 3 is 2.71 bits per heavy atom. The molecule has 0 amide bonds. The lowest BCUT2D eigenvalue weighted by molar-refractivity contribution is 0.560. The Bertz CT molecular complexity index is 271.